The molecule has 2 amide bonds. The van der Waals surface area contributed by atoms with E-state index in [4.69, 9.17) is 0 Å². The number of hydrogen-bond donors (Lipinski definition) is 1. The van der Waals surface area contributed by atoms with Crippen LogP contribution in [0.2, 0.25) is 0 Å². The second kappa shape index (κ2) is 6.71. The number of benzene rings is 1. The molecule has 5 heteroatoms. The van der Waals surface area contributed by atoms with Gasteiger partial charge >= 0.3 is 0 Å². The van der Waals surface area contributed by atoms with Crippen molar-refractivity contribution in [2.45, 2.75) is 37.8 Å². The van der Waals surface area contributed by atoms with Crippen molar-refractivity contribution < 1.29 is 14.7 Å². The Balaban J connectivity index is 1.64. The van der Waals surface area contributed by atoms with Gasteiger partial charge in [0.05, 0.1) is 12.0 Å². The Hall–Kier alpha value is -1.88. The Morgan fingerprint density at radius 1 is 1.35 bits per heavy atom. The average molecular weight is 316 g/mol. The fourth-order valence-corrected chi connectivity index (χ4v) is 3.70. The quantitative estimate of drug-likeness (QED) is 0.917. The number of nitrogens with zero attached hydrogens (tertiary/aromatic N) is 2. The van der Waals surface area contributed by atoms with Crippen LogP contribution < -0.4 is 0 Å². The number of aliphatic hydroxyl groups is 1. The molecule has 0 aliphatic carbocycles. The number of carbonyl (C=O) groups excluding carboxylic acids is 2. The third-order valence-electron chi connectivity index (χ3n) is 5.03. The molecular formula is C18H24N2O3. The highest BCUT2D eigenvalue weighted by Crippen LogP contribution is 2.30. The highest BCUT2D eigenvalue weighted by molar-refractivity contribution is 5.89. The number of aliphatic hydroxyl groups excluding tert-OH is 1. The minimum atomic E-state index is -0.553. The van der Waals surface area contributed by atoms with E-state index in [0.29, 0.717) is 19.4 Å². The summed E-state index contributed by atoms with van der Waals surface area (Å²) in [5.41, 5.74) is 0.891. The fraction of sp³-hybridized carbons (Fsp3) is 0.556. The van der Waals surface area contributed by atoms with Crippen molar-refractivity contribution in [3.05, 3.63) is 35.9 Å². The lowest BCUT2D eigenvalue weighted by Gasteiger charge is -2.28. The predicted molar refractivity (Wildman–Crippen MR) is 86.5 cm³/mol. The first-order valence-electron chi connectivity index (χ1n) is 8.33. The molecule has 5 nitrogen and oxygen atoms in total. The molecular weight excluding hydrogens is 292 g/mol. The van der Waals surface area contributed by atoms with E-state index < -0.39 is 6.10 Å². The van der Waals surface area contributed by atoms with E-state index in [-0.39, 0.29) is 23.8 Å². The molecule has 3 rings (SSSR count). The molecule has 2 aliphatic rings. The Kier molecular flexibility index (Phi) is 4.66. The van der Waals surface area contributed by atoms with E-state index in [1.54, 1.807) is 11.9 Å². The maximum Gasteiger partial charge on any atom is 0.228 e. The normalized spacial score (nSPS) is 25.9. The Labute approximate surface area is 136 Å². The van der Waals surface area contributed by atoms with Gasteiger partial charge in [0, 0.05) is 32.6 Å². The SMILES string of the molecule is CN1C[C@H](C(=O)N2CCC[C@H]2C[C@H](O)c2ccccc2)CC1=O. The molecule has 0 spiro atoms. The first-order valence-corrected chi connectivity index (χ1v) is 8.33. The van der Waals surface area contributed by atoms with Crippen molar-refractivity contribution in [3.63, 3.8) is 0 Å². The maximum absolute atomic E-state index is 12.7. The van der Waals surface area contributed by atoms with Gasteiger partial charge in [0.1, 0.15) is 0 Å². The van der Waals surface area contributed by atoms with Gasteiger partial charge in [0.15, 0.2) is 0 Å². The van der Waals surface area contributed by atoms with Gasteiger partial charge in [-0.2, -0.15) is 0 Å². The van der Waals surface area contributed by atoms with Crippen molar-refractivity contribution in [1.82, 2.24) is 9.80 Å². The molecule has 23 heavy (non-hydrogen) atoms. The third-order valence-corrected chi connectivity index (χ3v) is 5.03. The lowest BCUT2D eigenvalue weighted by Crippen LogP contribution is -2.41. The summed E-state index contributed by atoms with van der Waals surface area (Å²) < 4.78 is 0. The smallest absolute Gasteiger partial charge is 0.228 e. The molecule has 0 unspecified atom stereocenters. The van der Waals surface area contributed by atoms with E-state index in [2.05, 4.69) is 0 Å². The largest absolute Gasteiger partial charge is 0.388 e. The molecule has 0 bridgehead atoms. The van der Waals surface area contributed by atoms with E-state index >= 15 is 0 Å². The molecule has 2 fully saturated rings. The highest BCUT2D eigenvalue weighted by atomic mass is 16.3. The van der Waals surface area contributed by atoms with Crippen LogP contribution in [0.1, 0.15) is 37.4 Å². The van der Waals surface area contributed by atoms with Crippen LogP contribution in [-0.2, 0) is 9.59 Å². The van der Waals surface area contributed by atoms with Crippen LogP contribution in [0.5, 0.6) is 0 Å². The lowest BCUT2D eigenvalue weighted by atomic mass is 9.99. The molecule has 2 saturated heterocycles. The van der Waals surface area contributed by atoms with Gasteiger partial charge in [-0.3, -0.25) is 9.59 Å². The molecule has 2 aliphatic heterocycles. The van der Waals surface area contributed by atoms with E-state index in [9.17, 15) is 14.7 Å². The minimum Gasteiger partial charge on any atom is -0.388 e. The van der Waals surface area contributed by atoms with Crippen molar-refractivity contribution in [2.24, 2.45) is 5.92 Å². The van der Waals surface area contributed by atoms with Gasteiger partial charge < -0.3 is 14.9 Å². The fourth-order valence-electron chi connectivity index (χ4n) is 3.70. The van der Waals surface area contributed by atoms with Gasteiger partial charge in [-0.25, -0.2) is 0 Å². The summed E-state index contributed by atoms with van der Waals surface area (Å²) in [5.74, 6) is -0.101. The van der Waals surface area contributed by atoms with Crippen LogP contribution in [-0.4, -0.2) is 52.9 Å². The van der Waals surface area contributed by atoms with Gasteiger partial charge in [0.2, 0.25) is 11.8 Å². The highest BCUT2D eigenvalue weighted by Gasteiger charge is 2.39. The summed E-state index contributed by atoms with van der Waals surface area (Å²) in [6.07, 6.45) is 2.22. The van der Waals surface area contributed by atoms with Gasteiger partial charge in [-0.05, 0) is 24.8 Å². The van der Waals surface area contributed by atoms with Crippen LogP contribution in [0.15, 0.2) is 30.3 Å². The Bertz CT molecular complexity index is 575. The zero-order valence-electron chi connectivity index (χ0n) is 13.5. The average Bonchev–Trinajstić information content (AvgIpc) is 3.15. The monoisotopic (exact) mass is 316 g/mol. The standard InChI is InChI=1S/C18H24N2O3/c1-19-12-14(10-17(19)22)18(23)20-9-5-8-15(20)11-16(21)13-6-3-2-4-7-13/h2-4,6-7,14-16,21H,5,8-12H2,1H3/t14-,15+,16+/m1/s1. The van der Waals surface area contributed by atoms with Crippen LogP contribution in [0, 0.1) is 5.92 Å². The molecule has 1 N–H and O–H groups in total. The summed E-state index contributed by atoms with van der Waals surface area (Å²) >= 11 is 0. The minimum absolute atomic E-state index is 0.0448. The van der Waals surface area contributed by atoms with Crippen molar-refractivity contribution in [1.29, 1.82) is 0 Å². The topological polar surface area (TPSA) is 60.9 Å². The number of carbonyl (C=O) groups is 2. The van der Waals surface area contributed by atoms with E-state index in [1.165, 1.54) is 0 Å². The first-order chi connectivity index (χ1) is 11.1. The van der Waals surface area contributed by atoms with Crippen molar-refractivity contribution in [2.75, 3.05) is 20.1 Å². The number of hydrogen-bond acceptors (Lipinski definition) is 3. The number of amides is 2. The summed E-state index contributed by atoms with van der Waals surface area (Å²) in [6.45, 7) is 1.25. The zero-order chi connectivity index (χ0) is 16.4. The number of rotatable bonds is 4. The molecule has 1 aromatic rings. The summed E-state index contributed by atoms with van der Waals surface area (Å²) in [4.78, 5) is 27.9. The summed E-state index contributed by atoms with van der Waals surface area (Å²) in [6, 6.07) is 9.65. The van der Waals surface area contributed by atoms with Gasteiger partial charge in [0.25, 0.3) is 0 Å². The maximum atomic E-state index is 12.7. The second-order valence-electron chi connectivity index (χ2n) is 6.67. The third kappa shape index (κ3) is 3.39. The first kappa shape index (κ1) is 16.0. The Morgan fingerprint density at radius 3 is 2.74 bits per heavy atom. The van der Waals surface area contributed by atoms with Crippen molar-refractivity contribution in [3.8, 4) is 0 Å². The van der Waals surface area contributed by atoms with E-state index in [0.717, 1.165) is 24.9 Å². The van der Waals surface area contributed by atoms with E-state index in [1.807, 2.05) is 35.2 Å². The lowest BCUT2D eigenvalue weighted by molar-refractivity contribution is -0.137. The van der Waals surface area contributed by atoms with Crippen LogP contribution >= 0.6 is 0 Å². The van der Waals surface area contributed by atoms with Gasteiger partial charge in [-0.15, -0.1) is 0 Å². The molecule has 2 heterocycles. The number of likely N-dealkylation sites (tertiary alicyclic amines) is 2. The molecule has 0 saturated carbocycles. The molecule has 0 aromatic heterocycles. The Morgan fingerprint density at radius 2 is 2.09 bits per heavy atom. The molecule has 0 radical (unpaired) electrons. The molecule has 1 aromatic carbocycles. The van der Waals surface area contributed by atoms with Gasteiger partial charge in [-0.1, -0.05) is 30.3 Å². The summed E-state index contributed by atoms with van der Waals surface area (Å²) in [7, 11) is 1.75. The van der Waals surface area contributed by atoms with Crippen LogP contribution in [0.3, 0.4) is 0 Å². The predicted octanol–water partition coefficient (Wildman–Crippen LogP) is 1.58. The van der Waals surface area contributed by atoms with Crippen LogP contribution in [0.4, 0.5) is 0 Å². The summed E-state index contributed by atoms with van der Waals surface area (Å²) in [5, 5.41) is 10.4. The van der Waals surface area contributed by atoms with Crippen molar-refractivity contribution >= 4 is 11.8 Å². The van der Waals surface area contributed by atoms with Crippen LogP contribution in [0.25, 0.3) is 0 Å². The second-order valence-corrected chi connectivity index (χ2v) is 6.67. The molecule has 3 atom stereocenters. The zero-order valence-corrected chi connectivity index (χ0v) is 13.5. The molecule has 124 valence electrons.